The molecular formula is C72H40N6. The predicted octanol–water partition coefficient (Wildman–Crippen LogP) is 18.6. The molecule has 6 nitrogen and oxygen atoms in total. The van der Waals surface area contributed by atoms with Crippen LogP contribution in [0.25, 0.3) is 175 Å². The van der Waals surface area contributed by atoms with Gasteiger partial charge >= 0.3 is 0 Å². The molecule has 0 bridgehead atoms. The summed E-state index contributed by atoms with van der Waals surface area (Å²) in [6.45, 7) is 0. The number of benzene rings is 12. The van der Waals surface area contributed by atoms with Crippen molar-refractivity contribution in [3.05, 3.63) is 243 Å². The quantitative estimate of drug-likeness (QED) is 0.176. The second kappa shape index (κ2) is 14.6. The van der Waals surface area contributed by atoms with Gasteiger partial charge in [-0.25, -0.2) is 9.97 Å². The smallest absolute Gasteiger partial charge is 0.165 e. The minimum Gasteiger partial charge on any atom is -0.309 e. The third-order valence-electron chi connectivity index (χ3n) is 17.3. The van der Waals surface area contributed by atoms with Gasteiger partial charge in [0.1, 0.15) is 11.0 Å². The Balaban J connectivity index is 0.921. The fourth-order valence-electron chi connectivity index (χ4n) is 14.2. The third kappa shape index (κ3) is 5.07. The van der Waals surface area contributed by atoms with Crippen LogP contribution in [-0.2, 0) is 0 Å². The summed E-state index contributed by atoms with van der Waals surface area (Å²) in [6, 6.07) is 89.2. The molecule has 0 radical (unpaired) electrons. The molecule has 0 spiro atoms. The lowest BCUT2D eigenvalue weighted by molar-refractivity contribution is 1.18. The molecule has 78 heavy (non-hydrogen) atoms. The van der Waals surface area contributed by atoms with Crippen LogP contribution in [0.5, 0.6) is 0 Å². The number of rotatable bonds is 4. The molecule has 358 valence electrons. The fraction of sp³-hybridized carbons (Fsp3) is 0. The summed E-state index contributed by atoms with van der Waals surface area (Å²) in [7, 11) is 0. The van der Waals surface area contributed by atoms with Gasteiger partial charge in [0.15, 0.2) is 11.3 Å². The van der Waals surface area contributed by atoms with Crippen LogP contribution in [0.4, 0.5) is 0 Å². The molecule has 0 fully saturated rings. The van der Waals surface area contributed by atoms with Crippen LogP contribution in [0.2, 0.25) is 0 Å². The minimum atomic E-state index is 0.867. The van der Waals surface area contributed by atoms with Crippen molar-refractivity contribution in [1.29, 1.82) is 0 Å². The van der Waals surface area contributed by atoms with Crippen molar-refractivity contribution in [2.75, 3.05) is 0 Å². The highest BCUT2D eigenvalue weighted by Crippen LogP contribution is 2.49. The normalized spacial score (nSPS) is 12.6. The monoisotopic (exact) mass is 988 g/mol. The molecule has 0 unspecified atom stereocenters. The van der Waals surface area contributed by atoms with Crippen molar-refractivity contribution in [2.24, 2.45) is 0 Å². The lowest BCUT2D eigenvalue weighted by Gasteiger charge is -2.12. The van der Waals surface area contributed by atoms with Crippen LogP contribution in [0.3, 0.4) is 0 Å². The van der Waals surface area contributed by atoms with Gasteiger partial charge in [0.2, 0.25) is 0 Å². The molecule has 6 heteroatoms. The second-order valence-corrected chi connectivity index (χ2v) is 21.2. The third-order valence-corrected chi connectivity index (χ3v) is 17.3. The summed E-state index contributed by atoms with van der Waals surface area (Å²) in [6.07, 6.45) is 0. The van der Waals surface area contributed by atoms with Gasteiger partial charge in [-0.1, -0.05) is 170 Å². The molecule has 0 aliphatic rings. The van der Waals surface area contributed by atoms with E-state index in [-0.39, 0.29) is 0 Å². The maximum absolute atomic E-state index is 5.90. The number of para-hydroxylation sites is 6. The Morgan fingerprint density at radius 3 is 1.37 bits per heavy atom. The maximum Gasteiger partial charge on any atom is 0.165 e. The molecule has 19 aromatic rings. The minimum absolute atomic E-state index is 0.867. The molecular weight excluding hydrogens is 949 g/mol. The van der Waals surface area contributed by atoms with E-state index < -0.39 is 0 Å². The standard InChI is InChI=1S/C72H40N6/c1-3-19-45(20-4-1)75-59-31-13-11-25-49(59)56-38-43(33-35-61(56)75)55-37-41-17-8-10-24-48(41)64-52-28-16-30-54-66-72(78(68(52)54)69(55)64)73-65-53-29-15-27-51-58-39-42-18-7-9-23-47(42)63(70(58)77(67(51)53)71(65)74-66)44-34-36-62-57(40-44)50-26-12-14-32-60(50)76(62)46-21-5-2-6-22-46/h1-40H. The van der Waals surface area contributed by atoms with Crippen LogP contribution in [0.15, 0.2) is 243 Å². The molecule has 0 amide bonds. The molecule has 7 heterocycles. The number of nitrogens with zero attached hydrogens (tertiary/aromatic N) is 6. The van der Waals surface area contributed by atoms with Crippen molar-refractivity contribution >= 4 is 142 Å². The summed E-state index contributed by atoms with van der Waals surface area (Å²) < 4.78 is 9.69. The van der Waals surface area contributed by atoms with E-state index in [1.165, 1.54) is 97.8 Å². The molecule has 0 aliphatic carbocycles. The van der Waals surface area contributed by atoms with Crippen molar-refractivity contribution in [1.82, 2.24) is 27.9 Å². The first-order valence-corrected chi connectivity index (χ1v) is 26.8. The van der Waals surface area contributed by atoms with E-state index in [4.69, 9.17) is 9.97 Å². The fourth-order valence-corrected chi connectivity index (χ4v) is 14.2. The molecule has 0 saturated carbocycles. The van der Waals surface area contributed by atoms with E-state index in [1.54, 1.807) is 0 Å². The van der Waals surface area contributed by atoms with Gasteiger partial charge in [-0.05, 0) is 105 Å². The largest absolute Gasteiger partial charge is 0.309 e. The molecule has 7 aromatic heterocycles. The average Bonchev–Trinajstić information content (AvgIpc) is 3.66. The van der Waals surface area contributed by atoms with Gasteiger partial charge in [0.25, 0.3) is 0 Å². The lowest BCUT2D eigenvalue weighted by Crippen LogP contribution is -1.94. The van der Waals surface area contributed by atoms with Gasteiger partial charge in [0, 0.05) is 76.4 Å². The van der Waals surface area contributed by atoms with E-state index in [1.807, 2.05) is 0 Å². The molecule has 0 aliphatic heterocycles. The van der Waals surface area contributed by atoms with Crippen LogP contribution in [-0.4, -0.2) is 27.9 Å². The predicted molar refractivity (Wildman–Crippen MR) is 326 cm³/mol. The van der Waals surface area contributed by atoms with Gasteiger partial charge in [-0.2, -0.15) is 0 Å². The van der Waals surface area contributed by atoms with Gasteiger partial charge < -0.3 is 9.13 Å². The van der Waals surface area contributed by atoms with E-state index in [9.17, 15) is 0 Å². The number of hydrogen-bond acceptors (Lipinski definition) is 2. The number of aromatic nitrogens is 6. The average molecular weight is 989 g/mol. The first kappa shape index (κ1) is 40.8. The Bertz CT molecular complexity index is 5760. The summed E-state index contributed by atoms with van der Waals surface area (Å²) in [5.41, 5.74) is 19.8. The zero-order chi connectivity index (χ0) is 50.5. The van der Waals surface area contributed by atoms with Crippen molar-refractivity contribution in [3.63, 3.8) is 0 Å². The number of fused-ring (bicyclic) bond motifs is 21. The molecule has 0 saturated heterocycles. The van der Waals surface area contributed by atoms with E-state index in [0.717, 1.165) is 77.7 Å². The Morgan fingerprint density at radius 1 is 0.269 bits per heavy atom. The topological polar surface area (TPSA) is 44.5 Å². The SMILES string of the molecule is c1ccc(-n2c3ccccc3c3cc(-c4c5ccccc5cc5c6cccc7c8nc9c(nc8n(c45)c67)c4cccc5c6c7ccccc7cc(-c7ccc8c(c7)c7ccccc7n8-c7ccccc7)c6n9c45)ccc32)cc1. The summed E-state index contributed by atoms with van der Waals surface area (Å²) in [5.74, 6) is 0. The van der Waals surface area contributed by atoms with Crippen LogP contribution >= 0.6 is 0 Å². The summed E-state index contributed by atoms with van der Waals surface area (Å²) >= 11 is 0. The van der Waals surface area contributed by atoms with E-state index in [0.29, 0.717) is 0 Å². The first-order chi connectivity index (χ1) is 38.7. The number of hydrogen-bond donors (Lipinski definition) is 0. The molecule has 0 N–H and O–H groups in total. The van der Waals surface area contributed by atoms with Gasteiger partial charge in [0.05, 0.1) is 44.1 Å². The molecule has 19 rings (SSSR count). The van der Waals surface area contributed by atoms with Crippen molar-refractivity contribution in [2.45, 2.75) is 0 Å². The van der Waals surface area contributed by atoms with Gasteiger partial charge in [-0.3, -0.25) is 8.80 Å². The van der Waals surface area contributed by atoms with Crippen LogP contribution < -0.4 is 0 Å². The van der Waals surface area contributed by atoms with Crippen molar-refractivity contribution in [3.8, 4) is 33.6 Å². The maximum atomic E-state index is 5.90. The van der Waals surface area contributed by atoms with Crippen LogP contribution in [0, 0.1) is 0 Å². The molecule has 0 atom stereocenters. The summed E-state index contributed by atoms with van der Waals surface area (Å²) in [4.78, 5) is 11.8. The Morgan fingerprint density at radius 2 is 0.731 bits per heavy atom. The molecule has 12 aromatic carbocycles. The highest BCUT2D eigenvalue weighted by molar-refractivity contribution is 6.32. The van der Waals surface area contributed by atoms with Crippen molar-refractivity contribution < 1.29 is 0 Å². The van der Waals surface area contributed by atoms with Gasteiger partial charge in [-0.15, -0.1) is 0 Å². The first-order valence-electron chi connectivity index (χ1n) is 26.8. The Hall–Kier alpha value is -10.6. The van der Waals surface area contributed by atoms with Crippen LogP contribution in [0.1, 0.15) is 0 Å². The highest BCUT2D eigenvalue weighted by Gasteiger charge is 2.29. The van der Waals surface area contributed by atoms with E-state index >= 15 is 0 Å². The Kier molecular flexibility index (Phi) is 7.65. The summed E-state index contributed by atoms with van der Waals surface area (Å²) in [5, 5.41) is 16.8. The van der Waals surface area contributed by atoms with E-state index in [2.05, 4.69) is 261 Å². The zero-order valence-electron chi connectivity index (χ0n) is 41.8. The Labute approximate surface area is 443 Å². The lowest BCUT2D eigenvalue weighted by atomic mass is 9.93. The highest BCUT2D eigenvalue weighted by atomic mass is 15.1. The zero-order valence-corrected chi connectivity index (χ0v) is 41.8. The second-order valence-electron chi connectivity index (χ2n) is 21.2.